The molecule has 76 valence electrons. The van der Waals surface area contributed by atoms with E-state index in [0.717, 1.165) is 17.3 Å². The summed E-state index contributed by atoms with van der Waals surface area (Å²) < 4.78 is 0. The lowest BCUT2D eigenvalue weighted by Crippen LogP contribution is -2.17. The number of thioether (sulfide) groups is 1. The van der Waals surface area contributed by atoms with Gasteiger partial charge >= 0.3 is 0 Å². The predicted molar refractivity (Wildman–Crippen MR) is 60.0 cm³/mol. The monoisotopic (exact) mass is 220 g/mol. The molecule has 1 heterocycles. The fraction of sp³-hybridized carbons (Fsp3) is 0. The highest BCUT2D eigenvalue weighted by Gasteiger charge is 2.24. The molecule has 0 aliphatic carbocycles. The van der Waals surface area contributed by atoms with Crippen molar-refractivity contribution in [2.24, 2.45) is 0 Å². The van der Waals surface area contributed by atoms with E-state index in [1.165, 1.54) is 0 Å². The number of nitrogens with one attached hydrogen (secondary N) is 1. The Morgan fingerprint density at radius 3 is 2.73 bits per heavy atom. The first-order chi connectivity index (χ1) is 7.15. The molecule has 0 atom stereocenters. The van der Waals surface area contributed by atoms with E-state index < -0.39 is 0 Å². The molecular weight excluding hydrogens is 212 g/mol. The van der Waals surface area contributed by atoms with Gasteiger partial charge in [-0.1, -0.05) is 12.1 Å². The Hall–Kier alpha value is -1.75. The Kier molecular flexibility index (Phi) is 2.47. The highest BCUT2D eigenvalue weighted by molar-refractivity contribution is 8.18. The van der Waals surface area contributed by atoms with Gasteiger partial charge in [-0.25, -0.2) is 0 Å². The van der Waals surface area contributed by atoms with Crippen LogP contribution in [0.5, 0.6) is 0 Å². The lowest BCUT2D eigenvalue weighted by molar-refractivity contribution is -0.115. The van der Waals surface area contributed by atoms with Crippen LogP contribution in [0.2, 0.25) is 0 Å². The van der Waals surface area contributed by atoms with Gasteiger partial charge in [-0.2, -0.15) is 0 Å². The van der Waals surface area contributed by atoms with Crippen LogP contribution in [0.1, 0.15) is 5.56 Å². The Bertz CT molecular complexity index is 468. The van der Waals surface area contributed by atoms with Gasteiger partial charge in [-0.15, -0.1) is 0 Å². The molecule has 1 aromatic rings. The first-order valence-corrected chi connectivity index (χ1v) is 5.07. The Balaban J connectivity index is 2.31. The first-order valence-electron chi connectivity index (χ1n) is 4.25. The Labute approximate surface area is 90.5 Å². The quantitative estimate of drug-likeness (QED) is 0.557. The first kappa shape index (κ1) is 9.79. The van der Waals surface area contributed by atoms with Crippen molar-refractivity contribution in [1.29, 1.82) is 0 Å². The second-order valence-corrected chi connectivity index (χ2v) is 4.04. The molecule has 1 aliphatic heterocycles. The fourth-order valence-electron chi connectivity index (χ4n) is 1.22. The molecule has 1 aromatic carbocycles. The zero-order chi connectivity index (χ0) is 10.8. The molecule has 15 heavy (non-hydrogen) atoms. The topological polar surface area (TPSA) is 72.2 Å². The summed E-state index contributed by atoms with van der Waals surface area (Å²) in [6, 6.07) is 7.11. The van der Waals surface area contributed by atoms with Crippen molar-refractivity contribution in [2.75, 3.05) is 5.73 Å². The van der Waals surface area contributed by atoms with E-state index in [4.69, 9.17) is 5.73 Å². The van der Waals surface area contributed by atoms with Crippen molar-refractivity contribution in [3.05, 3.63) is 34.7 Å². The summed E-state index contributed by atoms with van der Waals surface area (Å²) in [6.07, 6.45) is 1.64. The number of hydrogen-bond acceptors (Lipinski definition) is 4. The third-order valence-electron chi connectivity index (χ3n) is 1.85. The second-order valence-electron chi connectivity index (χ2n) is 3.02. The van der Waals surface area contributed by atoms with Crippen LogP contribution in [0.25, 0.3) is 6.08 Å². The van der Waals surface area contributed by atoms with Gasteiger partial charge in [0.05, 0.1) is 4.91 Å². The molecule has 1 aliphatic rings. The fourth-order valence-corrected chi connectivity index (χ4v) is 1.90. The van der Waals surface area contributed by atoms with Crippen LogP contribution in [0.15, 0.2) is 29.2 Å². The number of carbonyl (C=O) groups is 2. The van der Waals surface area contributed by atoms with Gasteiger partial charge in [-0.05, 0) is 35.5 Å². The molecule has 4 nitrogen and oxygen atoms in total. The summed E-state index contributed by atoms with van der Waals surface area (Å²) in [5, 5.41) is 1.85. The molecule has 1 saturated heterocycles. The van der Waals surface area contributed by atoms with Gasteiger partial charge < -0.3 is 5.73 Å². The van der Waals surface area contributed by atoms with Crippen LogP contribution in [0.4, 0.5) is 10.5 Å². The maximum absolute atomic E-state index is 11.2. The second kappa shape index (κ2) is 3.78. The summed E-state index contributed by atoms with van der Waals surface area (Å²) in [5.41, 5.74) is 7.02. The maximum Gasteiger partial charge on any atom is 0.290 e. The standard InChI is InChI=1S/C10H8N2O2S/c11-7-3-1-2-6(4-7)5-8-9(13)12-10(14)15-8/h1-5H,11H2,(H,12,13,14)/b8-5-. The van der Waals surface area contributed by atoms with Crippen LogP contribution < -0.4 is 11.1 Å². The molecule has 2 amide bonds. The number of amides is 2. The van der Waals surface area contributed by atoms with Crippen LogP contribution in [-0.4, -0.2) is 11.1 Å². The molecule has 0 unspecified atom stereocenters. The predicted octanol–water partition coefficient (Wildman–Crippen LogP) is 1.59. The molecule has 0 saturated carbocycles. The van der Waals surface area contributed by atoms with Crippen molar-refractivity contribution >= 4 is 34.7 Å². The summed E-state index contributed by atoms with van der Waals surface area (Å²) in [7, 11) is 0. The highest BCUT2D eigenvalue weighted by Crippen LogP contribution is 2.25. The molecule has 0 spiro atoms. The number of hydrogen-bond donors (Lipinski definition) is 2. The zero-order valence-corrected chi connectivity index (χ0v) is 8.51. The third kappa shape index (κ3) is 2.19. The van der Waals surface area contributed by atoms with Gasteiger partial charge in [0.1, 0.15) is 0 Å². The van der Waals surface area contributed by atoms with Crippen molar-refractivity contribution in [3.8, 4) is 0 Å². The maximum atomic E-state index is 11.2. The average Bonchev–Trinajstić information content (AvgIpc) is 2.45. The van der Waals surface area contributed by atoms with Crippen molar-refractivity contribution in [3.63, 3.8) is 0 Å². The van der Waals surface area contributed by atoms with Gasteiger partial charge in [0.15, 0.2) is 0 Å². The van der Waals surface area contributed by atoms with Crippen LogP contribution in [0.3, 0.4) is 0 Å². The van der Waals surface area contributed by atoms with Crippen LogP contribution in [-0.2, 0) is 4.79 Å². The SMILES string of the molecule is Nc1cccc(/C=C2\SC(=O)NC2=O)c1. The molecule has 1 fully saturated rings. The number of rotatable bonds is 1. The van der Waals surface area contributed by atoms with Crippen molar-refractivity contribution in [1.82, 2.24) is 5.32 Å². The van der Waals surface area contributed by atoms with Crippen LogP contribution >= 0.6 is 11.8 Å². The molecule has 0 aromatic heterocycles. The van der Waals surface area contributed by atoms with E-state index >= 15 is 0 Å². The summed E-state index contributed by atoms with van der Waals surface area (Å²) in [6.45, 7) is 0. The number of anilines is 1. The largest absolute Gasteiger partial charge is 0.399 e. The summed E-state index contributed by atoms with van der Waals surface area (Å²) in [5.74, 6) is -0.354. The van der Waals surface area contributed by atoms with Crippen LogP contribution in [0, 0.1) is 0 Å². The lowest BCUT2D eigenvalue weighted by Gasteiger charge is -1.96. The summed E-state index contributed by atoms with van der Waals surface area (Å²) in [4.78, 5) is 22.5. The van der Waals surface area contributed by atoms with Crippen molar-refractivity contribution in [2.45, 2.75) is 0 Å². The van der Waals surface area contributed by atoms with E-state index in [1.54, 1.807) is 24.3 Å². The van der Waals surface area contributed by atoms with Gasteiger partial charge in [0.2, 0.25) is 0 Å². The number of benzene rings is 1. The van der Waals surface area contributed by atoms with E-state index in [0.29, 0.717) is 10.6 Å². The van der Waals surface area contributed by atoms with Gasteiger partial charge in [0.25, 0.3) is 11.1 Å². The minimum Gasteiger partial charge on any atom is -0.399 e. The minimum absolute atomic E-state index is 0.338. The van der Waals surface area contributed by atoms with E-state index in [-0.39, 0.29) is 11.1 Å². The normalized spacial score (nSPS) is 18.3. The number of carbonyl (C=O) groups excluding carboxylic acids is 2. The lowest BCUT2D eigenvalue weighted by atomic mass is 10.2. The third-order valence-corrected chi connectivity index (χ3v) is 2.66. The minimum atomic E-state index is -0.354. The molecule has 5 heteroatoms. The highest BCUT2D eigenvalue weighted by atomic mass is 32.2. The smallest absolute Gasteiger partial charge is 0.290 e. The van der Waals surface area contributed by atoms with Gasteiger partial charge in [0, 0.05) is 5.69 Å². The van der Waals surface area contributed by atoms with Crippen molar-refractivity contribution < 1.29 is 9.59 Å². The number of nitrogens with two attached hydrogens (primary N) is 1. The number of imide groups is 1. The van der Waals surface area contributed by atoms with E-state index in [9.17, 15) is 9.59 Å². The Morgan fingerprint density at radius 1 is 1.33 bits per heavy atom. The molecule has 3 N–H and O–H groups in total. The molecule has 0 bridgehead atoms. The molecule has 2 rings (SSSR count). The van der Waals surface area contributed by atoms with E-state index in [1.807, 2.05) is 6.07 Å². The average molecular weight is 220 g/mol. The summed E-state index contributed by atoms with van der Waals surface area (Å²) >= 11 is 0.895. The van der Waals surface area contributed by atoms with E-state index in [2.05, 4.69) is 5.32 Å². The van der Waals surface area contributed by atoms with Gasteiger partial charge in [-0.3, -0.25) is 14.9 Å². The number of nitrogen functional groups attached to an aromatic ring is 1. The molecule has 0 radical (unpaired) electrons. The molecular formula is C10H8N2O2S. The zero-order valence-electron chi connectivity index (χ0n) is 7.69. The Morgan fingerprint density at radius 2 is 2.13 bits per heavy atom.